The third-order valence-corrected chi connectivity index (χ3v) is 4.86. The number of rotatable bonds is 1. The molecule has 5 rings (SSSR count). The number of aromatic amines is 2. The summed E-state index contributed by atoms with van der Waals surface area (Å²) < 4.78 is 33.2. The molecule has 0 aliphatic carbocycles. The van der Waals surface area contributed by atoms with Crippen LogP contribution in [0.4, 0.5) is 8.78 Å². The number of halogens is 2. The van der Waals surface area contributed by atoms with Crippen molar-refractivity contribution in [1.82, 2.24) is 9.97 Å². The van der Waals surface area contributed by atoms with Gasteiger partial charge in [-0.3, -0.25) is 0 Å². The van der Waals surface area contributed by atoms with Gasteiger partial charge < -0.3 is 14.7 Å². The van der Waals surface area contributed by atoms with E-state index >= 15 is 0 Å². The number of benzene rings is 3. The Labute approximate surface area is 163 Å². The zero-order valence-electron chi connectivity index (χ0n) is 15.1. The van der Waals surface area contributed by atoms with Gasteiger partial charge in [-0.25, -0.2) is 13.6 Å². The lowest BCUT2D eigenvalue weighted by atomic mass is 9.94. The summed E-state index contributed by atoms with van der Waals surface area (Å²) in [5, 5.41) is 0. The number of hydrogen-bond acceptors (Lipinski definition) is 2. The molecule has 4 aromatic rings. The molecule has 0 atom stereocenters. The second-order valence-electron chi connectivity index (χ2n) is 6.78. The van der Waals surface area contributed by atoms with Crippen LogP contribution >= 0.6 is 0 Å². The molecule has 4 nitrogen and oxygen atoms in total. The van der Waals surface area contributed by atoms with E-state index in [0.29, 0.717) is 33.5 Å². The lowest BCUT2D eigenvalue weighted by molar-refractivity contribution is 0.305. The van der Waals surface area contributed by atoms with E-state index < -0.39 is 5.82 Å². The number of H-pyrrole nitrogens is 2. The van der Waals surface area contributed by atoms with Crippen LogP contribution in [0.2, 0.25) is 0 Å². The minimum absolute atomic E-state index is 0.130. The van der Waals surface area contributed by atoms with E-state index in [-0.39, 0.29) is 18.1 Å². The molecule has 1 aromatic heterocycles. The van der Waals surface area contributed by atoms with Gasteiger partial charge in [-0.2, -0.15) is 0 Å². The number of ether oxygens (including phenoxy) is 1. The maximum Gasteiger partial charge on any atom is 0.323 e. The van der Waals surface area contributed by atoms with Crippen LogP contribution in [0.3, 0.4) is 0 Å². The number of fused-ring (bicyclic) bond motifs is 3. The smallest absolute Gasteiger partial charge is 0.323 e. The van der Waals surface area contributed by atoms with E-state index in [4.69, 9.17) is 4.74 Å². The zero-order valence-corrected chi connectivity index (χ0v) is 15.1. The first-order valence-electron chi connectivity index (χ1n) is 8.97. The van der Waals surface area contributed by atoms with Gasteiger partial charge in [0.2, 0.25) is 0 Å². The molecule has 6 heteroatoms. The summed E-state index contributed by atoms with van der Waals surface area (Å²) in [5.74, 6) is -0.399. The fourth-order valence-electron chi connectivity index (χ4n) is 3.50. The summed E-state index contributed by atoms with van der Waals surface area (Å²) in [6.07, 6.45) is 1.77. The van der Waals surface area contributed by atoms with Crippen molar-refractivity contribution in [2.45, 2.75) is 6.61 Å². The first-order chi connectivity index (χ1) is 14.1. The Kier molecular flexibility index (Phi) is 3.93. The Morgan fingerprint density at radius 1 is 0.897 bits per heavy atom. The maximum atomic E-state index is 13.8. The standard InChI is InChI=1S/C23H14F2N2O2/c24-15-3-6-17-14(10-15)12-29-22-11-16(25)4-7-19(22)18(17)5-1-13-2-8-20-21(9-13)27-23(28)26-20/h1-4,6-11H,12H2,(H2,26,27,28). The molecule has 0 unspecified atom stereocenters. The molecule has 0 saturated heterocycles. The van der Waals surface area contributed by atoms with Gasteiger partial charge in [-0.15, -0.1) is 5.73 Å². The fourth-order valence-corrected chi connectivity index (χ4v) is 3.50. The Morgan fingerprint density at radius 2 is 1.66 bits per heavy atom. The van der Waals surface area contributed by atoms with Crippen LogP contribution in [-0.2, 0) is 6.61 Å². The predicted molar refractivity (Wildman–Crippen MR) is 107 cm³/mol. The summed E-state index contributed by atoms with van der Waals surface area (Å²) in [5.41, 5.74) is 7.98. The lowest BCUT2D eigenvalue weighted by Gasteiger charge is -2.08. The summed E-state index contributed by atoms with van der Waals surface area (Å²) in [6.45, 7) is 0.130. The molecule has 0 spiro atoms. The first-order valence-corrected chi connectivity index (χ1v) is 8.97. The third kappa shape index (κ3) is 3.16. The summed E-state index contributed by atoms with van der Waals surface area (Å²) in [6, 6.07) is 14.2. The van der Waals surface area contributed by atoms with Gasteiger partial charge in [0.1, 0.15) is 24.0 Å². The van der Waals surface area contributed by atoms with Crippen LogP contribution < -0.4 is 10.4 Å². The van der Waals surface area contributed by atoms with Crippen molar-refractivity contribution in [3.05, 3.63) is 105 Å². The van der Waals surface area contributed by atoms with Crippen LogP contribution in [0.5, 0.6) is 5.75 Å². The SMILES string of the molecule is O=c1[nH]c2ccc(C=C=C3c4ccc(F)cc4COc4cc(F)ccc43)cc2[nH]1. The highest BCUT2D eigenvalue weighted by Crippen LogP contribution is 2.37. The molecular weight excluding hydrogens is 374 g/mol. The van der Waals surface area contributed by atoms with Gasteiger partial charge in [-0.1, -0.05) is 12.1 Å². The molecule has 0 amide bonds. The normalized spacial score (nSPS) is 12.6. The molecule has 3 aromatic carbocycles. The van der Waals surface area contributed by atoms with Crippen LogP contribution in [0, 0.1) is 11.6 Å². The van der Waals surface area contributed by atoms with Crippen LogP contribution in [0.1, 0.15) is 22.3 Å². The highest BCUT2D eigenvalue weighted by molar-refractivity contribution is 5.86. The zero-order chi connectivity index (χ0) is 20.0. The van der Waals surface area contributed by atoms with Crippen molar-refractivity contribution < 1.29 is 13.5 Å². The molecule has 142 valence electrons. The van der Waals surface area contributed by atoms with Crippen molar-refractivity contribution >= 4 is 22.7 Å². The average Bonchev–Trinajstić information content (AvgIpc) is 3.00. The van der Waals surface area contributed by atoms with E-state index in [2.05, 4.69) is 15.7 Å². The van der Waals surface area contributed by atoms with Gasteiger partial charge >= 0.3 is 5.69 Å². The van der Waals surface area contributed by atoms with Crippen LogP contribution in [-0.4, -0.2) is 9.97 Å². The quantitative estimate of drug-likeness (QED) is 0.462. The Morgan fingerprint density at radius 3 is 2.52 bits per heavy atom. The second kappa shape index (κ2) is 6.62. The molecule has 29 heavy (non-hydrogen) atoms. The van der Waals surface area contributed by atoms with Crippen molar-refractivity contribution in [2.75, 3.05) is 0 Å². The van der Waals surface area contributed by atoms with Crippen molar-refractivity contribution in [3.63, 3.8) is 0 Å². The number of imidazole rings is 1. The Balaban J connectivity index is 1.72. The molecule has 0 saturated carbocycles. The van der Waals surface area contributed by atoms with E-state index in [1.54, 1.807) is 24.3 Å². The molecule has 1 aliphatic heterocycles. The van der Waals surface area contributed by atoms with Gasteiger partial charge in [0.05, 0.1) is 11.0 Å². The molecule has 0 fully saturated rings. The van der Waals surface area contributed by atoms with E-state index in [1.807, 2.05) is 12.1 Å². The summed E-state index contributed by atoms with van der Waals surface area (Å²) >= 11 is 0. The van der Waals surface area contributed by atoms with Crippen LogP contribution in [0.25, 0.3) is 22.7 Å². The fraction of sp³-hybridized carbons (Fsp3) is 0.0435. The molecule has 1 aliphatic rings. The van der Waals surface area contributed by atoms with Gasteiger partial charge in [0.25, 0.3) is 0 Å². The van der Waals surface area contributed by atoms with Gasteiger partial charge in [0, 0.05) is 22.8 Å². The van der Waals surface area contributed by atoms with Crippen LogP contribution in [0.15, 0.2) is 65.1 Å². The third-order valence-electron chi connectivity index (χ3n) is 4.86. The van der Waals surface area contributed by atoms with Crippen molar-refractivity contribution in [2.24, 2.45) is 0 Å². The molecule has 2 heterocycles. The number of aromatic nitrogens is 2. The maximum absolute atomic E-state index is 13.8. The Bertz CT molecular complexity index is 1340. The number of hydrogen-bond donors (Lipinski definition) is 2. The van der Waals surface area contributed by atoms with Gasteiger partial charge in [-0.05, 0) is 53.6 Å². The van der Waals surface area contributed by atoms with E-state index in [0.717, 1.165) is 11.1 Å². The monoisotopic (exact) mass is 388 g/mol. The summed E-state index contributed by atoms with van der Waals surface area (Å²) in [7, 11) is 0. The molecular formula is C23H14F2N2O2. The van der Waals surface area contributed by atoms with E-state index in [1.165, 1.54) is 24.3 Å². The lowest BCUT2D eigenvalue weighted by Crippen LogP contribution is -1.99. The highest BCUT2D eigenvalue weighted by Gasteiger charge is 2.20. The van der Waals surface area contributed by atoms with E-state index in [9.17, 15) is 13.6 Å². The molecule has 2 N–H and O–H groups in total. The van der Waals surface area contributed by atoms with Gasteiger partial charge in [0.15, 0.2) is 0 Å². The minimum atomic E-state index is -0.411. The largest absolute Gasteiger partial charge is 0.488 e. The number of nitrogens with one attached hydrogen (secondary N) is 2. The molecule has 0 radical (unpaired) electrons. The first kappa shape index (κ1) is 17.2. The minimum Gasteiger partial charge on any atom is -0.488 e. The predicted octanol–water partition coefficient (Wildman–Crippen LogP) is 4.77. The average molecular weight is 388 g/mol. The Hall–Kier alpha value is -3.89. The van der Waals surface area contributed by atoms with Crippen molar-refractivity contribution in [3.8, 4) is 5.75 Å². The molecule has 0 bridgehead atoms. The second-order valence-corrected chi connectivity index (χ2v) is 6.78. The highest BCUT2D eigenvalue weighted by atomic mass is 19.1. The topological polar surface area (TPSA) is 57.9 Å². The van der Waals surface area contributed by atoms with Crippen molar-refractivity contribution in [1.29, 1.82) is 0 Å². The summed E-state index contributed by atoms with van der Waals surface area (Å²) in [4.78, 5) is 16.9.